The van der Waals surface area contributed by atoms with Crippen LogP contribution in [0.25, 0.3) is 0 Å². The molecule has 1 aliphatic carbocycles. The summed E-state index contributed by atoms with van der Waals surface area (Å²) in [4.78, 5) is 11.9. The predicted octanol–water partition coefficient (Wildman–Crippen LogP) is 2.71. The average molecular weight is 247 g/mol. The number of benzene rings is 1. The Morgan fingerprint density at radius 1 is 1.39 bits per heavy atom. The fourth-order valence-electron chi connectivity index (χ4n) is 1.98. The van der Waals surface area contributed by atoms with Crippen LogP contribution in [0, 0.1) is 5.41 Å². The molecule has 1 aliphatic rings. The summed E-state index contributed by atoms with van der Waals surface area (Å²) in [6.07, 6.45) is 1.02. The highest BCUT2D eigenvalue weighted by atomic mass is 16.5. The van der Waals surface area contributed by atoms with Crippen LogP contribution in [0.2, 0.25) is 0 Å². The smallest absolute Gasteiger partial charge is 0.225 e. The minimum absolute atomic E-state index is 0.123. The summed E-state index contributed by atoms with van der Waals surface area (Å²) < 4.78 is 5.22. The Hall–Kier alpha value is -1.51. The van der Waals surface area contributed by atoms with Gasteiger partial charge in [0.1, 0.15) is 5.75 Å². The van der Waals surface area contributed by atoms with Crippen molar-refractivity contribution in [2.24, 2.45) is 5.41 Å². The monoisotopic (exact) mass is 247 g/mol. The van der Waals surface area contributed by atoms with Gasteiger partial charge in [0.05, 0.1) is 7.11 Å². The van der Waals surface area contributed by atoms with E-state index in [2.05, 4.69) is 11.4 Å². The van der Waals surface area contributed by atoms with Crippen LogP contribution in [0.3, 0.4) is 0 Å². The van der Waals surface area contributed by atoms with Crippen molar-refractivity contribution in [3.63, 3.8) is 0 Å². The number of hydrogen-bond acceptors (Lipinski definition) is 2. The molecule has 0 spiro atoms. The molecule has 2 unspecified atom stereocenters. The van der Waals surface area contributed by atoms with E-state index in [-0.39, 0.29) is 17.4 Å². The molecule has 1 amide bonds. The number of carbonyl (C=O) groups excluding carboxylic acids is 1. The molecule has 98 valence electrons. The first-order chi connectivity index (χ1) is 8.41. The van der Waals surface area contributed by atoms with Crippen LogP contribution in [0.4, 0.5) is 0 Å². The van der Waals surface area contributed by atoms with E-state index in [1.165, 1.54) is 5.56 Å². The van der Waals surface area contributed by atoms with Crippen molar-refractivity contribution < 1.29 is 9.53 Å². The van der Waals surface area contributed by atoms with E-state index in [1.54, 1.807) is 7.11 Å². The summed E-state index contributed by atoms with van der Waals surface area (Å²) in [6, 6.07) is 8.36. The van der Waals surface area contributed by atoms with Gasteiger partial charge < -0.3 is 10.1 Å². The van der Waals surface area contributed by atoms with Gasteiger partial charge >= 0.3 is 0 Å². The Morgan fingerprint density at radius 3 is 2.72 bits per heavy atom. The Morgan fingerprint density at radius 2 is 2.11 bits per heavy atom. The molecule has 0 aliphatic heterocycles. The van der Waals surface area contributed by atoms with E-state index in [4.69, 9.17) is 4.74 Å². The number of ether oxygens (including phenoxy) is 1. The van der Waals surface area contributed by atoms with Crippen molar-refractivity contribution in [1.29, 1.82) is 0 Å². The van der Waals surface area contributed by atoms with Crippen LogP contribution in [0.5, 0.6) is 5.75 Å². The predicted molar refractivity (Wildman–Crippen MR) is 71.7 cm³/mol. The molecule has 3 nitrogen and oxygen atoms in total. The Bertz CT molecular complexity index is 448. The highest BCUT2D eigenvalue weighted by molar-refractivity contribution is 5.82. The highest BCUT2D eigenvalue weighted by Gasteiger charge is 2.41. The third-order valence-electron chi connectivity index (χ3n) is 3.31. The fraction of sp³-hybridized carbons (Fsp3) is 0.533. The van der Waals surface area contributed by atoms with Crippen molar-refractivity contribution in [2.75, 3.05) is 7.11 Å². The molecule has 2 atom stereocenters. The first-order valence-electron chi connectivity index (χ1n) is 6.37. The molecule has 18 heavy (non-hydrogen) atoms. The number of rotatable bonds is 3. The Labute approximate surface area is 109 Å². The van der Waals surface area contributed by atoms with Gasteiger partial charge in [-0.15, -0.1) is 0 Å². The molecule has 2 rings (SSSR count). The molecule has 0 saturated heterocycles. The molecule has 1 aromatic carbocycles. The maximum Gasteiger partial charge on any atom is 0.225 e. The van der Waals surface area contributed by atoms with Crippen LogP contribution in [-0.2, 0) is 4.79 Å². The third kappa shape index (κ3) is 2.84. The zero-order valence-corrected chi connectivity index (χ0v) is 11.5. The van der Waals surface area contributed by atoms with Gasteiger partial charge in [-0.25, -0.2) is 0 Å². The molecule has 0 heterocycles. The maximum atomic E-state index is 11.9. The number of nitrogens with one attached hydrogen (secondary N) is 1. The quantitative estimate of drug-likeness (QED) is 0.892. The van der Waals surface area contributed by atoms with Gasteiger partial charge in [-0.05, 0) is 24.1 Å². The topological polar surface area (TPSA) is 38.3 Å². The van der Waals surface area contributed by atoms with Gasteiger partial charge in [0, 0.05) is 17.4 Å². The van der Waals surface area contributed by atoms with Crippen LogP contribution < -0.4 is 10.1 Å². The zero-order chi connectivity index (χ0) is 13.3. The number of hydrogen-bond donors (Lipinski definition) is 1. The van der Waals surface area contributed by atoms with Crippen molar-refractivity contribution in [1.82, 2.24) is 5.32 Å². The van der Waals surface area contributed by atoms with Crippen LogP contribution in [0.1, 0.15) is 38.7 Å². The Kier molecular flexibility index (Phi) is 3.33. The highest BCUT2D eigenvalue weighted by Crippen LogP contribution is 2.42. The lowest BCUT2D eigenvalue weighted by molar-refractivity contribution is -0.128. The molecule has 3 heteroatoms. The van der Waals surface area contributed by atoms with Gasteiger partial charge in [0.15, 0.2) is 0 Å². The summed E-state index contributed by atoms with van der Waals surface area (Å²) in [5.41, 5.74) is 0.926. The van der Waals surface area contributed by atoms with Crippen LogP contribution in [-0.4, -0.2) is 19.1 Å². The van der Waals surface area contributed by atoms with Gasteiger partial charge in [0.2, 0.25) is 5.91 Å². The van der Waals surface area contributed by atoms with E-state index >= 15 is 0 Å². The summed E-state index contributed by atoms with van der Waals surface area (Å²) in [6.45, 7) is 5.81. The summed E-state index contributed by atoms with van der Waals surface area (Å²) in [5, 5.41) is 3.10. The van der Waals surface area contributed by atoms with Crippen molar-refractivity contribution in [3.8, 4) is 5.75 Å². The average Bonchev–Trinajstić information content (AvgIpc) is 3.07. The number of amides is 1. The second-order valence-corrected chi connectivity index (χ2v) is 5.95. The van der Waals surface area contributed by atoms with E-state index in [0.29, 0.717) is 5.92 Å². The second kappa shape index (κ2) is 4.63. The minimum Gasteiger partial charge on any atom is -0.497 e. The van der Waals surface area contributed by atoms with Crippen LogP contribution >= 0.6 is 0 Å². The first-order valence-corrected chi connectivity index (χ1v) is 6.37. The molecule has 1 saturated carbocycles. The first kappa shape index (κ1) is 12.9. The van der Waals surface area contributed by atoms with Crippen molar-refractivity contribution in [3.05, 3.63) is 29.8 Å². The lowest BCUT2D eigenvalue weighted by Crippen LogP contribution is -2.36. The lowest BCUT2D eigenvalue weighted by atomic mass is 9.95. The zero-order valence-electron chi connectivity index (χ0n) is 11.5. The van der Waals surface area contributed by atoms with Gasteiger partial charge in [0.25, 0.3) is 0 Å². The van der Waals surface area contributed by atoms with E-state index in [9.17, 15) is 4.79 Å². The Balaban J connectivity index is 1.97. The normalized spacial score (nSPS) is 22.4. The van der Waals surface area contributed by atoms with Gasteiger partial charge in [-0.2, -0.15) is 0 Å². The largest absolute Gasteiger partial charge is 0.497 e. The standard InChI is InChI=1S/C15H21NO2/c1-15(2,3)14(17)16-13-9-12(13)10-6-5-7-11(8-10)18-4/h5-8,12-13H,9H2,1-4H3,(H,16,17). The van der Waals surface area contributed by atoms with Gasteiger partial charge in [-0.3, -0.25) is 4.79 Å². The maximum absolute atomic E-state index is 11.9. The van der Waals surface area contributed by atoms with E-state index < -0.39 is 0 Å². The molecule has 0 bridgehead atoms. The number of carbonyl (C=O) groups is 1. The van der Waals surface area contributed by atoms with Crippen LogP contribution in [0.15, 0.2) is 24.3 Å². The molecular weight excluding hydrogens is 226 g/mol. The molecule has 0 radical (unpaired) electrons. The summed E-state index contributed by atoms with van der Waals surface area (Å²) in [5.74, 6) is 1.43. The summed E-state index contributed by atoms with van der Waals surface area (Å²) >= 11 is 0. The van der Waals surface area contributed by atoms with Gasteiger partial charge in [-0.1, -0.05) is 32.9 Å². The third-order valence-corrected chi connectivity index (χ3v) is 3.31. The van der Waals surface area contributed by atoms with Crippen molar-refractivity contribution in [2.45, 2.75) is 39.2 Å². The second-order valence-electron chi connectivity index (χ2n) is 5.95. The van der Waals surface area contributed by atoms with E-state index in [1.807, 2.05) is 39.0 Å². The SMILES string of the molecule is COc1cccc(C2CC2NC(=O)C(C)(C)C)c1. The van der Waals surface area contributed by atoms with E-state index in [0.717, 1.165) is 12.2 Å². The lowest BCUT2D eigenvalue weighted by Gasteiger charge is -2.17. The molecule has 0 aromatic heterocycles. The molecular formula is C15H21NO2. The molecule has 1 N–H and O–H groups in total. The molecule has 1 aromatic rings. The molecule has 1 fully saturated rings. The minimum atomic E-state index is -0.318. The van der Waals surface area contributed by atoms with Crippen molar-refractivity contribution >= 4 is 5.91 Å². The fourth-order valence-corrected chi connectivity index (χ4v) is 1.98. The summed E-state index contributed by atoms with van der Waals surface area (Å²) in [7, 11) is 1.67. The number of methoxy groups -OCH3 is 1.